The highest BCUT2D eigenvalue weighted by Gasteiger charge is 2.45. The smallest absolute Gasteiger partial charge is 0.225 e. The molecule has 1 atom stereocenters. The van der Waals surface area contributed by atoms with E-state index in [1.165, 1.54) is 11.3 Å². The van der Waals surface area contributed by atoms with E-state index in [1.807, 2.05) is 6.92 Å². The molecule has 1 saturated heterocycles. The molecule has 1 unspecified atom stereocenters. The number of carbonyl (C=O) groups is 1. The van der Waals surface area contributed by atoms with Crippen molar-refractivity contribution in [1.82, 2.24) is 4.90 Å². The highest BCUT2D eigenvalue weighted by atomic mass is 16.2. The summed E-state index contributed by atoms with van der Waals surface area (Å²) in [6, 6.07) is 8.78. The lowest BCUT2D eigenvalue weighted by Crippen LogP contribution is -2.78. The van der Waals surface area contributed by atoms with Crippen LogP contribution in [-0.2, 0) is 10.2 Å². The van der Waals surface area contributed by atoms with E-state index in [4.69, 9.17) is 0 Å². The standard InChI is InChI=1S/C17H24N2O/c1-3-13(2)16(20)19-10-8-17(9-11-19)12-18-15-7-5-4-6-14(15)17/h4-7,13,18H,3,8-12H2,1-2H3/p+1. The molecule has 2 N–H and O–H groups in total. The number of likely N-dealkylation sites (tertiary alicyclic amines) is 1. The third-order valence-electron chi connectivity index (χ3n) is 5.31. The summed E-state index contributed by atoms with van der Waals surface area (Å²) in [4.78, 5) is 14.4. The zero-order valence-electron chi connectivity index (χ0n) is 12.6. The predicted octanol–water partition coefficient (Wildman–Crippen LogP) is 1.80. The number of nitrogens with zero attached hydrogens (tertiary/aromatic N) is 1. The molecule has 0 saturated carbocycles. The second-order valence-electron chi connectivity index (χ2n) is 6.41. The van der Waals surface area contributed by atoms with E-state index in [-0.39, 0.29) is 5.92 Å². The van der Waals surface area contributed by atoms with Gasteiger partial charge in [0.2, 0.25) is 5.91 Å². The Morgan fingerprint density at radius 1 is 1.35 bits per heavy atom. The van der Waals surface area contributed by atoms with Crippen molar-refractivity contribution in [1.29, 1.82) is 0 Å². The molecule has 0 aromatic heterocycles. The molecule has 2 heterocycles. The number of amides is 1. The van der Waals surface area contributed by atoms with Gasteiger partial charge in [-0.2, -0.15) is 0 Å². The average Bonchev–Trinajstić information content (AvgIpc) is 2.86. The molecule has 1 aromatic carbocycles. The summed E-state index contributed by atoms with van der Waals surface area (Å²) in [7, 11) is 0. The van der Waals surface area contributed by atoms with Crippen molar-refractivity contribution in [2.75, 3.05) is 19.6 Å². The Balaban J connectivity index is 1.72. The molecule has 20 heavy (non-hydrogen) atoms. The number of quaternary nitrogens is 1. The van der Waals surface area contributed by atoms with Crippen LogP contribution in [0.15, 0.2) is 24.3 Å². The van der Waals surface area contributed by atoms with Gasteiger partial charge in [-0.1, -0.05) is 32.0 Å². The van der Waals surface area contributed by atoms with Gasteiger partial charge < -0.3 is 10.2 Å². The molecule has 0 aliphatic carbocycles. The molecule has 0 bridgehead atoms. The van der Waals surface area contributed by atoms with Gasteiger partial charge in [0, 0.05) is 24.6 Å². The second-order valence-corrected chi connectivity index (χ2v) is 6.41. The fraction of sp³-hybridized carbons (Fsp3) is 0.588. The number of para-hydroxylation sites is 1. The molecule has 3 heteroatoms. The Morgan fingerprint density at radius 3 is 2.75 bits per heavy atom. The summed E-state index contributed by atoms with van der Waals surface area (Å²) in [5.74, 6) is 0.518. The molecule has 1 amide bonds. The van der Waals surface area contributed by atoms with Crippen LogP contribution < -0.4 is 5.32 Å². The third-order valence-corrected chi connectivity index (χ3v) is 5.31. The van der Waals surface area contributed by atoms with Gasteiger partial charge in [-0.15, -0.1) is 0 Å². The van der Waals surface area contributed by atoms with Gasteiger partial charge in [0.25, 0.3) is 0 Å². The van der Waals surface area contributed by atoms with Crippen LogP contribution in [0.2, 0.25) is 0 Å². The molecule has 1 fully saturated rings. The van der Waals surface area contributed by atoms with E-state index in [1.54, 1.807) is 0 Å². The zero-order valence-corrected chi connectivity index (χ0v) is 12.6. The molecule has 1 aromatic rings. The Labute approximate surface area is 121 Å². The van der Waals surface area contributed by atoms with Gasteiger partial charge in [-0.25, -0.2) is 0 Å². The first-order chi connectivity index (χ1) is 9.66. The van der Waals surface area contributed by atoms with Gasteiger partial charge in [0.1, 0.15) is 5.69 Å². The largest absolute Gasteiger partial charge is 0.342 e. The van der Waals surface area contributed by atoms with E-state index in [9.17, 15) is 4.79 Å². The fourth-order valence-electron chi connectivity index (χ4n) is 3.69. The minimum atomic E-state index is 0.173. The summed E-state index contributed by atoms with van der Waals surface area (Å²) in [5, 5.41) is 2.38. The first-order valence-electron chi connectivity index (χ1n) is 7.88. The van der Waals surface area contributed by atoms with Crippen molar-refractivity contribution in [2.24, 2.45) is 5.92 Å². The van der Waals surface area contributed by atoms with Crippen LogP contribution in [0.3, 0.4) is 0 Å². The molecule has 3 rings (SSSR count). The van der Waals surface area contributed by atoms with Crippen molar-refractivity contribution in [3.05, 3.63) is 29.8 Å². The normalized spacial score (nSPS) is 21.8. The number of rotatable bonds is 2. The molecule has 2 aliphatic rings. The summed E-state index contributed by atoms with van der Waals surface area (Å²) < 4.78 is 0. The van der Waals surface area contributed by atoms with Gasteiger partial charge in [-0.3, -0.25) is 4.79 Å². The van der Waals surface area contributed by atoms with Gasteiger partial charge in [0.05, 0.1) is 12.0 Å². The number of hydrogen-bond donors (Lipinski definition) is 1. The maximum absolute atomic E-state index is 12.3. The van der Waals surface area contributed by atoms with Crippen LogP contribution in [0.25, 0.3) is 0 Å². The highest BCUT2D eigenvalue weighted by molar-refractivity contribution is 5.78. The molecule has 0 radical (unpaired) electrons. The number of fused-ring (bicyclic) bond motifs is 2. The van der Waals surface area contributed by atoms with Gasteiger partial charge in [0.15, 0.2) is 0 Å². The zero-order chi connectivity index (χ0) is 14.2. The van der Waals surface area contributed by atoms with E-state index in [2.05, 4.69) is 41.4 Å². The summed E-state index contributed by atoms with van der Waals surface area (Å²) >= 11 is 0. The number of nitrogens with two attached hydrogens (primary N) is 1. The van der Waals surface area contributed by atoms with E-state index < -0.39 is 0 Å². The minimum Gasteiger partial charge on any atom is -0.342 e. The first kappa shape index (κ1) is 13.6. The summed E-state index contributed by atoms with van der Waals surface area (Å²) in [5.41, 5.74) is 3.23. The Kier molecular flexibility index (Phi) is 3.55. The van der Waals surface area contributed by atoms with E-state index in [0.29, 0.717) is 11.3 Å². The minimum absolute atomic E-state index is 0.173. The van der Waals surface area contributed by atoms with Crippen LogP contribution in [0.4, 0.5) is 5.69 Å². The lowest BCUT2D eigenvalue weighted by atomic mass is 9.74. The predicted molar refractivity (Wildman–Crippen MR) is 79.8 cm³/mol. The third kappa shape index (κ3) is 2.14. The second kappa shape index (κ2) is 5.21. The molecule has 108 valence electrons. The number of carbonyl (C=O) groups excluding carboxylic acids is 1. The van der Waals surface area contributed by atoms with Crippen molar-refractivity contribution in [3.8, 4) is 0 Å². The average molecular weight is 273 g/mol. The topological polar surface area (TPSA) is 36.9 Å². The van der Waals surface area contributed by atoms with Crippen molar-refractivity contribution in [3.63, 3.8) is 0 Å². The summed E-state index contributed by atoms with van der Waals surface area (Å²) in [6.45, 7) is 7.13. The van der Waals surface area contributed by atoms with Crippen molar-refractivity contribution >= 4 is 11.6 Å². The van der Waals surface area contributed by atoms with Crippen molar-refractivity contribution in [2.45, 2.75) is 38.5 Å². The van der Waals surface area contributed by atoms with Crippen LogP contribution >= 0.6 is 0 Å². The van der Waals surface area contributed by atoms with Gasteiger partial charge >= 0.3 is 0 Å². The fourth-order valence-corrected chi connectivity index (χ4v) is 3.69. The molecular formula is C17H25N2O+. The lowest BCUT2D eigenvalue weighted by Gasteiger charge is -2.38. The maximum Gasteiger partial charge on any atom is 0.225 e. The molecular weight excluding hydrogens is 248 g/mol. The molecule has 1 spiro atoms. The van der Waals surface area contributed by atoms with Crippen LogP contribution in [0.1, 0.15) is 38.7 Å². The number of benzene rings is 1. The van der Waals surface area contributed by atoms with Crippen LogP contribution in [0, 0.1) is 5.92 Å². The molecule has 2 aliphatic heterocycles. The van der Waals surface area contributed by atoms with Gasteiger partial charge in [-0.05, 0) is 25.3 Å². The molecule has 3 nitrogen and oxygen atoms in total. The van der Waals surface area contributed by atoms with E-state index >= 15 is 0 Å². The summed E-state index contributed by atoms with van der Waals surface area (Å²) in [6.07, 6.45) is 3.17. The Bertz CT molecular complexity index is 503. The maximum atomic E-state index is 12.3. The Hall–Kier alpha value is -1.35. The lowest BCUT2D eigenvalue weighted by molar-refractivity contribution is -0.569. The Morgan fingerprint density at radius 2 is 2.05 bits per heavy atom. The highest BCUT2D eigenvalue weighted by Crippen LogP contribution is 2.40. The van der Waals surface area contributed by atoms with E-state index in [0.717, 1.165) is 38.9 Å². The van der Waals surface area contributed by atoms with Crippen LogP contribution in [0.5, 0.6) is 0 Å². The number of piperidine rings is 1. The monoisotopic (exact) mass is 273 g/mol. The SMILES string of the molecule is CCC(C)C(=O)N1CCC2(CC1)C[NH2+]c1ccccc12. The number of hydrogen-bond acceptors (Lipinski definition) is 1. The quantitative estimate of drug-likeness (QED) is 0.820. The first-order valence-corrected chi connectivity index (χ1v) is 7.88. The van der Waals surface area contributed by atoms with Crippen molar-refractivity contribution < 1.29 is 10.1 Å². The van der Waals surface area contributed by atoms with Crippen LogP contribution in [-0.4, -0.2) is 30.4 Å².